The Morgan fingerprint density at radius 2 is 1.80 bits per heavy atom. The number of aliphatic imine (C=N–C) groups is 1. The van der Waals surface area contributed by atoms with E-state index in [2.05, 4.69) is 22.4 Å². The van der Waals surface area contributed by atoms with Gasteiger partial charge in [-0.1, -0.05) is 24.3 Å². The maximum atomic E-state index is 13.7. The number of hydrogen-bond donors (Lipinski definition) is 0. The fourth-order valence-corrected chi connectivity index (χ4v) is 4.84. The molecule has 0 spiro atoms. The molecule has 0 N–H and O–H groups in total. The molecule has 1 fully saturated rings. The number of halogens is 1. The Balaban J connectivity index is 1.73. The minimum Gasteiger partial charge on any atom is -0.229 e. The van der Waals surface area contributed by atoms with E-state index in [0.29, 0.717) is 10.5 Å². The van der Waals surface area contributed by atoms with E-state index in [1.165, 1.54) is 6.07 Å². The Morgan fingerprint density at radius 3 is 2.40 bits per heavy atom. The van der Waals surface area contributed by atoms with Gasteiger partial charge in [-0.2, -0.15) is 0 Å². The Labute approximate surface area is 152 Å². The largest absolute Gasteiger partial charge is 0.229 e. The van der Waals surface area contributed by atoms with Gasteiger partial charge in [0.15, 0.2) is 9.84 Å². The highest BCUT2D eigenvalue weighted by Gasteiger charge is 2.33. The molecule has 6 heteroatoms. The summed E-state index contributed by atoms with van der Waals surface area (Å²) in [6.07, 6.45) is 1.48. The summed E-state index contributed by atoms with van der Waals surface area (Å²) in [6.45, 7) is 1.71. The van der Waals surface area contributed by atoms with Crippen molar-refractivity contribution in [3.8, 4) is 11.1 Å². The molecular formula is C19H18FNO2S2. The van der Waals surface area contributed by atoms with E-state index in [1.54, 1.807) is 37.3 Å². The van der Waals surface area contributed by atoms with Crippen LogP contribution in [0.5, 0.6) is 0 Å². The summed E-state index contributed by atoms with van der Waals surface area (Å²) in [5, 5.41) is 2.35. The van der Waals surface area contributed by atoms with Crippen molar-refractivity contribution in [1.29, 1.82) is 0 Å². The summed E-state index contributed by atoms with van der Waals surface area (Å²) in [4.78, 5) is 4.28. The summed E-state index contributed by atoms with van der Waals surface area (Å²) in [5.74, 6) is -0.0321. The predicted molar refractivity (Wildman–Crippen MR) is 100 cm³/mol. The van der Waals surface area contributed by atoms with Crippen LogP contribution in [0.3, 0.4) is 0 Å². The van der Waals surface area contributed by atoms with Gasteiger partial charge in [-0.25, -0.2) is 17.8 Å². The number of hydrogen-bond acceptors (Lipinski definition) is 4. The first-order valence-electron chi connectivity index (χ1n) is 8.05. The minimum absolute atomic E-state index is 0.118. The number of isothiocyanates is 1. The van der Waals surface area contributed by atoms with Crippen molar-refractivity contribution in [2.45, 2.75) is 30.7 Å². The third-order valence-electron chi connectivity index (χ3n) is 4.62. The minimum atomic E-state index is -3.33. The lowest BCUT2D eigenvalue weighted by Crippen LogP contribution is -2.32. The molecule has 0 unspecified atom stereocenters. The molecule has 3 rings (SSSR count). The number of benzene rings is 2. The first-order chi connectivity index (χ1) is 11.9. The molecular weight excluding hydrogens is 357 g/mol. The van der Waals surface area contributed by atoms with E-state index < -0.39 is 9.84 Å². The number of rotatable bonds is 5. The molecule has 0 bridgehead atoms. The van der Waals surface area contributed by atoms with Gasteiger partial charge in [0.05, 0.1) is 21.9 Å². The molecule has 0 aliphatic heterocycles. The highest BCUT2D eigenvalue weighted by molar-refractivity contribution is 7.91. The summed E-state index contributed by atoms with van der Waals surface area (Å²) < 4.78 is 38.7. The quantitative estimate of drug-likeness (QED) is 0.573. The van der Waals surface area contributed by atoms with Crippen molar-refractivity contribution in [1.82, 2.24) is 0 Å². The van der Waals surface area contributed by atoms with Gasteiger partial charge in [0.2, 0.25) is 0 Å². The van der Waals surface area contributed by atoms with E-state index in [9.17, 15) is 12.8 Å². The summed E-state index contributed by atoms with van der Waals surface area (Å²) in [5.41, 5.74) is 2.10. The number of nitrogens with zero attached hydrogens (tertiary/aromatic N) is 1. The Kier molecular flexibility index (Phi) is 5.13. The molecule has 0 atom stereocenters. The summed E-state index contributed by atoms with van der Waals surface area (Å²) in [6, 6.07) is 11.7. The van der Waals surface area contributed by atoms with Crippen molar-refractivity contribution >= 4 is 27.2 Å². The Hall–Kier alpha value is -1.88. The van der Waals surface area contributed by atoms with E-state index in [4.69, 9.17) is 0 Å². The Morgan fingerprint density at radius 1 is 1.16 bits per heavy atom. The molecule has 130 valence electrons. The van der Waals surface area contributed by atoms with Gasteiger partial charge in [0, 0.05) is 0 Å². The molecule has 2 aromatic rings. The van der Waals surface area contributed by atoms with Crippen LogP contribution in [0.4, 0.5) is 4.39 Å². The molecule has 0 saturated heterocycles. The fourth-order valence-electron chi connectivity index (χ4n) is 3.05. The van der Waals surface area contributed by atoms with E-state index in [-0.39, 0.29) is 23.5 Å². The fraction of sp³-hybridized carbons (Fsp3) is 0.316. The van der Waals surface area contributed by atoms with Crippen molar-refractivity contribution < 1.29 is 12.8 Å². The van der Waals surface area contributed by atoms with Crippen LogP contribution in [-0.4, -0.2) is 25.4 Å². The molecule has 0 radical (unpaired) electrons. The van der Waals surface area contributed by atoms with Crippen molar-refractivity contribution in [2.24, 2.45) is 10.9 Å². The smallest absolute Gasteiger partial charge is 0.178 e. The van der Waals surface area contributed by atoms with E-state index in [1.807, 2.05) is 6.07 Å². The van der Waals surface area contributed by atoms with Crippen LogP contribution >= 0.6 is 12.2 Å². The molecule has 1 aliphatic carbocycles. The predicted octanol–water partition coefficient (Wildman–Crippen LogP) is 4.46. The standard InChI is InChI=1S/C19H18FNO2S2/c1-13-2-3-16(10-19(13)20)15-4-6-18(7-5-15)25(22,23)11-14-8-17(9-14)21-12-24/h2-7,10,14,17H,8-9,11H2,1H3. The highest BCUT2D eigenvalue weighted by atomic mass is 32.2. The van der Waals surface area contributed by atoms with Crippen LogP contribution in [0.25, 0.3) is 11.1 Å². The number of thiocarbonyl (C=S) groups is 1. The second kappa shape index (κ2) is 7.16. The normalized spacial score (nSPS) is 19.8. The van der Waals surface area contributed by atoms with Gasteiger partial charge in [-0.3, -0.25) is 0 Å². The van der Waals surface area contributed by atoms with E-state index in [0.717, 1.165) is 24.0 Å². The second-order valence-corrected chi connectivity index (χ2v) is 8.70. The lowest BCUT2D eigenvalue weighted by molar-refractivity contribution is 0.295. The average Bonchev–Trinajstić information content (AvgIpc) is 2.55. The van der Waals surface area contributed by atoms with Crippen LogP contribution in [0, 0.1) is 18.7 Å². The van der Waals surface area contributed by atoms with Crippen LogP contribution in [0.15, 0.2) is 52.4 Å². The second-order valence-electron chi connectivity index (χ2n) is 6.48. The molecule has 0 heterocycles. The first kappa shape index (κ1) is 17.9. The van der Waals surface area contributed by atoms with Gasteiger partial charge in [0.1, 0.15) is 5.82 Å². The van der Waals surface area contributed by atoms with E-state index >= 15 is 0 Å². The SMILES string of the molecule is Cc1ccc(-c2ccc(S(=O)(=O)CC3CC(N=C=S)C3)cc2)cc1F. The zero-order valence-electron chi connectivity index (χ0n) is 13.8. The molecule has 1 saturated carbocycles. The third kappa shape index (κ3) is 4.03. The van der Waals surface area contributed by atoms with Crippen molar-refractivity contribution in [3.63, 3.8) is 0 Å². The maximum absolute atomic E-state index is 13.7. The van der Waals surface area contributed by atoms with Crippen LogP contribution in [0.1, 0.15) is 18.4 Å². The van der Waals surface area contributed by atoms with Gasteiger partial charge >= 0.3 is 0 Å². The van der Waals surface area contributed by atoms with Gasteiger partial charge in [-0.05, 0) is 72.8 Å². The Bertz CT molecular complexity index is 926. The monoisotopic (exact) mass is 375 g/mol. The molecule has 0 aromatic heterocycles. The molecule has 3 nitrogen and oxygen atoms in total. The molecule has 0 amide bonds. The molecule has 1 aliphatic rings. The van der Waals surface area contributed by atoms with Crippen molar-refractivity contribution in [2.75, 3.05) is 5.75 Å². The van der Waals surface area contributed by atoms with Gasteiger partial charge in [-0.15, -0.1) is 0 Å². The van der Waals surface area contributed by atoms with Crippen LogP contribution in [-0.2, 0) is 9.84 Å². The average molecular weight is 375 g/mol. The highest BCUT2D eigenvalue weighted by Crippen LogP contribution is 2.33. The topological polar surface area (TPSA) is 46.5 Å². The number of aryl methyl sites for hydroxylation is 1. The zero-order valence-corrected chi connectivity index (χ0v) is 15.4. The molecule has 25 heavy (non-hydrogen) atoms. The lowest BCUT2D eigenvalue weighted by atomic mass is 9.82. The summed E-state index contributed by atoms with van der Waals surface area (Å²) >= 11 is 4.56. The lowest BCUT2D eigenvalue weighted by Gasteiger charge is -2.31. The van der Waals surface area contributed by atoms with Crippen LogP contribution < -0.4 is 0 Å². The van der Waals surface area contributed by atoms with Gasteiger partial charge < -0.3 is 0 Å². The zero-order chi connectivity index (χ0) is 18.0. The van der Waals surface area contributed by atoms with Crippen molar-refractivity contribution in [3.05, 3.63) is 53.8 Å². The summed E-state index contributed by atoms with van der Waals surface area (Å²) in [7, 11) is -3.33. The molecule has 2 aromatic carbocycles. The number of sulfone groups is 1. The maximum Gasteiger partial charge on any atom is 0.178 e. The van der Waals surface area contributed by atoms with Crippen LogP contribution in [0.2, 0.25) is 0 Å². The first-order valence-corrected chi connectivity index (χ1v) is 10.1. The van der Waals surface area contributed by atoms with Gasteiger partial charge in [0.25, 0.3) is 0 Å². The third-order valence-corrected chi connectivity index (χ3v) is 6.63.